The number of nitrogens with zero attached hydrogens (tertiary/aromatic N) is 2. The number of carbonyl (C=O) groups is 3. The standard InChI is InChI=1S/C13H16ClN3O4/c1-16(2)11(18)7-17(3)13(21)15-8-4-5-9(12(19)20)10(14)6-8/h4-6H,7H2,1-3H3,(H,15,21)(H,19,20). The minimum absolute atomic E-state index is 0.0207. The van der Waals surface area contributed by atoms with Gasteiger partial charge in [-0.1, -0.05) is 11.6 Å². The van der Waals surface area contributed by atoms with Gasteiger partial charge < -0.3 is 20.2 Å². The molecule has 0 atom stereocenters. The van der Waals surface area contributed by atoms with Crippen molar-refractivity contribution in [2.24, 2.45) is 0 Å². The normalized spacial score (nSPS) is 9.90. The second-order valence-electron chi connectivity index (χ2n) is 4.57. The highest BCUT2D eigenvalue weighted by Crippen LogP contribution is 2.21. The second-order valence-corrected chi connectivity index (χ2v) is 4.98. The Bertz CT molecular complexity index is 575. The maximum atomic E-state index is 11.9. The molecule has 0 aliphatic heterocycles. The number of hydrogen-bond donors (Lipinski definition) is 2. The molecule has 3 amide bonds. The molecule has 0 spiro atoms. The van der Waals surface area contributed by atoms with Crippen molar-refractivity contribution in [2.45, 2.75) is 0 Å². The molecule has 114 valence electrons. The Morgan fingerprint density at radius 1 is 1.24 bits per heavy atom. The number of likely N-dealkylation sites (N-methyl/N-ethyl adjacent to an activating group) is 2. The van der Waals surface area contributed by atoms with E-state index in [-0.39, 0.29) is 23.0 Å². The molecule has 1 aromatic carbocycles. The zero-order valence-corrected chi connectivity index (χ0v) is 12.6. The number of carboxylic acids is 1. The summed E-state index contributed by atoms with van der Waals surface area (Å²) in [5.41, 5.74) is 0.296. The monoisotopic (exact) mass is 313 g/mol. The van der Waals surface area contributed by atoms with Crippen LogP contribution >= 0.6 is 11.6 Å². The van der Waals surface area contributed by atoms with E-state index >= 15 is 0 Å². The first-order valence-electron chi connectivity index (χ1n) is 5.97. The predicted molar refractivity (Wildman–Crippen MR) is 78.8 cm³/mol. The maximum absolute atomic E-state index is 11.9. The van der Waals surface area contributed by atoms with E-state index in [1.165, 1.54) is 35.0 Å². The van der Waals surface area contributed by atoms with Crippen LogP contribution in [0, 0.1) is 0 Å². The van der Waals surface area contributed by atoms with Crippen LogP contribution in [0.1, 0.15) is 10.4 Å². The van der Waals surface area contributed by atoms with Crippen molar-refractivity contribution in [1.29, 1.82) is 0 Å². The Hall–Kier alpha value is -2.28. The van der Waals surface area contributed by atoms with Crippen LogP contribution in [-0.2, 0) is 4.79 Å². The predicted octanol–water partition coefficient (Wildman–Crippen LogP) is 1.59. The number of urea groups is 1. The molecule has 0 unspecified atom stereocenters. The highest BCUT2D eigenvalue weighted by Gasteiger charge is 2.15. The van der Waals surface area contributed by atoms with Gasteiger partial charge in [0.25, 0.3) is 0 Å². The lowest BCUT2D eigenvalue weighted by molar-refractivity contribution is -0.129. The van der Waals surface area contributed by atoms with Crippen LogP contribution in [0.3, 0.4) is 0 Å². The van der Waals surface area contributed by atoms with E-state index in [1.54, 1.807) is 14.1 Å². The molecule has 7 nitrogen and oxygen atoms in total. The molecule has 8 heteroatoms. The summed E-state index contributed by atoms with van der Waals surface area (Å²) in [6.45, 7) is -0.0697. The van der Waals surface area contributed by atoms with Gasteiger partial charge in [-0.3, -0.25) is 4.79 Å². The second kappa shape index (κ2) is 6.94. The van der Waals surface area contributed by atoms with E-state index < -0.39 is 12.0 Å². The van der Waals surface area contributed by atoms with Crippen LogP contribution in [-0.4, -0.2) is 60.5 Å². The molecule has 0 saturated heterocycles. The summed E-state index contributed by atoms with van der Waals surface area (Å²) in [6.07, 6.45) is 0. The van der Waals surface area contributed by atoms with E-state index in [0.717, 1.165) is 0 Å². The van der Waals surface area contributed by atoms with Gasteiger partial charge in [-0.05, 0) is 18.2 Å². The third-order valence-corrected chi connectivity index (χ3v) is 2.98. The minimum atomic E-state index is -1.15. The quantitative estimate of drug-likeness (QED) is 0.883. The fourth-order valence-corrected chi connectivity index (χ4v) is 1.66. The van der Waals surface area contributed by atoms with Crippen molar-refractivity contribution >= 4 is 35.2 Å². The maximum Gasteiger partial charge on any atom is 0.337 e. The summed E-state index contributed by atoms with van der Waals surface area (Å²) in [6, 6.07) is 3.56. The third kappa shape index (κ3) is 4.64. The summed E-state index contributed by atoms with van der Waals surface area (Å²) in [5.74, 6) is -1.36. The molecule has 0 bridgehead atoms. The van der Waals surface area contributed by atoms with Crippen molar-refractivity contribution < 1.29 is 19.5 Å². The van der Waals surface area contributed by atoms with Crippen LogP contribution in [0.2, 0.25) is 5.02 Å². The van der Waals surface area contributed by atoms with E-state index in [2.05, 4.69) is 5.32 Å². The van der Waals surface area contributed by atoms with Gasteiger partial charge in [0.15, 0.2) is 0 Å². The average molecular weight is 314 g/mol. The first kappa shape index (κ1) is 16.8. The Balaban J connectivity index is 2.73. The molecule has 0 radical (unpaired) electrons. The number of benzene rings is 1. The van der Waals surface area contributed by atoms with Crippen LogP contribution in [0.4, 0.5) is 10.5 Å². The number of aromatic carboxylic acids is 1. The number of carboxylic acid groups (broad SMARTS) is 1. The third-order valence-electron chi connectivity index (χ3n) is 2.67. The molecule has 0 aliphatic carbocycles. The fourth-order valence-electron chi connectivity index (χ4n) is 1.40. The van der Waals surface area contributed by atoms with Crippen LogP contribution < -0.4 is 5.32 Å². The molecule has 21 heavy (non-hydrogen) atoms. The van der Waals surface area contributed by atoms with Crippen LogP contribution in [0.5, 0.6) is 0 Å². The molecule has 0 aliphatic rings. The average Bonchev–Trinajstić information content (AvgIpc) is 2.37. The van der Waals surface area contributed by atoms with Crippen molar-refractivity contribution in [1.82, 2.24) is 9.80 Å². The Labute approximate surface area is 127 Å². The van der Waals surface area contributed by atoms with E-state index in [0.29, 0.717) is 5.69 Å². The van der Waals surface area contributed by atoms with Gasteiger partial charge in [-0.25, -0.2) is 9.59 Å². The van der Waals surface area contributed by atoms with E-state index in [1.807, 2.05) is 0 Å². The topological polar surface area (TPSA) is 90.0 Å². The molecular weight excluding hydrogens is 298 g/mol. The van der Waals surface area contributed by atoms with Crippen LogP contribution in [0.25, 0.3) is 0 Å². The number of anilines is 1. The number of halogens is 1. The largest absolute Gasteiger partial charge is 0.478 e. The van der Waals surface area contributed by atoms with E-state index in [9.17, 15) is 14.4 Å². The number of hydrogen-bond acceptors (Lipinski definition) is 3. The molecule has 0 saturated carbocycles. The first-order chi connectivity index (χ1) is 9.72. The lowest BCUT2D eigenvalue weighted by atomic mass is 10.2. The lowest BCUT2D eigenvalue weighted by Gasteiger charge is -2.19. The molecule has 0 heterocycles. The smallest absolute Gasteiger partial charge is 0.337 e. The highest BCUT2D eigenvalue weighted by atomic mass is 35.5. The SMILES string of the molecule is CN(C)C(=O)CN(C)C(=O)Nc1ccc(C(=O)O)c(Cl)c1. The first-order valence-corrected chi connectivity index (χ1v) is 6.35. The fraction of sp³-hybridized carbons (Fsp3) is 0.308. The van der Waals surface area contributed by atoms with Crippen molar-refractivity contribution in [2.75, 3.05) is 33.0 Å². The number of carbonyl (C=O) groups excluding carboxylic acids is 2. The van der Waals surface area contributed by atoms with Crippen molar-refractivity contribution in [3.8, 4) is 0 Å². The van der Waals surface area contributed by atoms with Gasteiger partial charge in [0.05, 0.1) is 10.6 Å². The molecule has 1 aromatic rings. The molecule has 0 fully saturated rings. The Kier molecular flexibility index (Phi) is 5.54. The summed E-state index contributed by atoms with van der Waals surface area (Å²) in [4.78, 5) is 36.8. The van der Waals surface area contributed by atoms with Gasteiger partial charge in [-0.15, -0.1) is 0 Å². The molecule has 1 rings (SSSR count). The van der Waals surface area contributed by atoms with Crippen molar-refractivity contribution in [3.63, 3.8) is 0 Å². The summed E-state index contributed by atoms with van der Waals surface area (Å²) in [5, 5.41) is 11.4. The Morgan fingerprint density at radius 2 is 1.86 bits per heavy atom. The molecule has 0 aromatic heterocycles. The van der Waals surface area contributed by atoms with Gasteiger partial charge in [0.2, 0.25) is 5.91 Å². The lowest BCUT2D eigenvalue weighted by Crippen LogP contribution is -2.39. The van der Waals surface area contributed by atoms with Crippen molar-refractivity contribution in [3.05, 3.63) is 28.8 Å². The molecule has 2 N–H and O–H groups in total. The zero-order valence-electron chi connectivity index (χ0n) is 11.9. The Morgan fingerprint density at radius 3 is 2.33 bits per heavy atom. The number of amides is 3. The zero-order chi connectivity index (χ0) is 16.2. The summed E-state index contributed by atoms with van der Waals surface area (Å²) >= 11 is 5.81. The van der Waals surface area contributed by atoms with Crippen LogP contribution in [0.15, 0.2) is 18.2 Å². The molecular formula is C13H16ClN3O4. The summed E-state index contributed by atoms with van der Waals surface area (Å²) in [7, 11) is 4.67. The number of nitrogens with one attached hydrogen (secondary N) is 1. The summed E-state index contributed by atoms with van der Waals surface area (Å²) < 4.78 is 0. The minimum Gasteiger partial charge on any atom is -0.478 e. The van der Waals surface area contributed by atoms with Gasteiger partial charge >= 0.3 is 12.0 Å². The van der Waals surface area contributed by atoms with Gasteiger partial charge in [-0.2, -0.15) is 0 Å². The van der Waals surface area contributed by atoms with Gasteiger partial charge in [0.1, 0.15) is 6.54 Å². The number of rotatable bonds is 4. The highest BCUT2D eigenvalue weighted by molar-refractivity contribution is 6.33. The van der Waals surface area contributed by atoms with E-state index in [4.69, 9.17) is 16.7 Å². The van der Waals surface area contributed by atoms with Gasteiger partial charge in [0, 0.05) is 26.8 Å².